The molecule has 2 aliphatic rings. The van der Waals surface area contributed by atoms with Gasteiger partial charge in [-0.3, -0.25) is 0 Å². The van der Waals surface area contributed by atoms with E-state index in [0.29, 0.717) is 17.9 Å². The van der Waals surface area contributed by atoms with Crippen molar-refractivity contribution in [1.29, 1.82) is 0 Å². The molecule has 144 valence electrons. The number of H-pyrrole nitrogens is 1. The maximum absolute atomic E-state index is 13.4. The Morgan fingerprint density at radius 3 is 2.68 bits per heavy atom. The molecule has 0 spiro atoms. The zero-order valence-corrected chi connectivity index (χ0v) is 16.5. The van der Waals surface area contributed by atoms with Gasteiger partial charge in [0.25, 0.3) is 0 Å². The van der Waals surface area contributed by atoms with Gasteiger partial charge in [-0.25, -0.2) is 14.4 Å². The molecule has 3 unspecified atom stereocenters. The summed E-state index contributed by atoms with van der Waals surface area (Å²) in [4.78, 5) is 12.5. The van der Waals surface area contributed by atoms with Gasteiger partial charge in [-0.05, 0) is 74.1 Å². The van der Waals surface area contributed by atoms with Crippen LogP contribution in [0.3, 0.4) is 0 Å². The van der Waals surface area contributed by atoms with Gasteiger partial charge in [-0.2, -0.15) is 0 Å². The quantitative estimate of drug-likeness (QED) is 0.574. The van der Waals surface area contributed by atoms with Crippen LogP contribution in [-0.2, 0) is 0 Å². The highest BCUT2D eigenvalue weighted by molar-refractivity contribution is 7.98. The van der Waals surface area contributed by atoms with E-state index >= 15 is 0 Å². The minimum atomic E-state index is -0.250. The number of benzene rings is 1. The van der Waals surface area contributed by atoms with E-state index in [-0.39, 0.29) is 5.82 Å². The summed E-state index contributed by atoms with van der Waals surface area (Å²) in [7, 11) is 0. The highest BCUT2D eigenvalue weighted by Crippen LogP contribution is 2.46. The number of hydrogen-bond acceptors (Lipinski definition) is 4. The number of rotatable bonds is 5. The summed E-state index contributed by atoms with van der Waals surface area (Å²) >= 11 is 1.55. The number of hydrogen-bond donors (Lipinski definition) is 1. The van der Waals surface area contributed by atoms with E-state index in [1.54, 1.807) is 30.1 Å². The van der Waals surface area contributed by atoms with E-state index in [9.17, 15) is 4.39 Å². The van der Waals surface area contributed by atoms with E-state index in [4.69, 9.17) is 9.72 Å². The monoisotopic (exact) mass is 395 g/mol. The zero-order valence-electron chi connectivity index (χ0n) is 15.7. The molecule has 0 radical (unpaired) electrons. The summed E-state index contributed by atoms with van der Waals surface area (Å²) in [5.41, 5.74) is 3.55. The fourth-order valence-electron chi connectivity index (χ4n) is 4.59. The third kappa shape index (κ3) is 3.30. The van der Waals surface area contributed by atoms with Crippen molar-refractivity contribution in [2.45, 2.75) is 36.9 Å². The Kier molecular flexibility index (Phi) is 4.59. The first-order valence-electron chi connectivity index (χ1n) is 9.72. The molecule has 5 rings (SSSR count). The molecule has 2 heterocycles. The van der Waals surface area contributed by atoms with Crippen LogP contribution in [0.5, 0.6) is 5.88 Å². The van der Waals surface area contributed by atoms with Crippen molar-refractivity contribution in [1.82, 2.24) is 15.0 Å². The molecule has 6 heteroatoms. The van der Waals surface area contributed by atoms with Crippen LogP contribution >= 0.6 is 11.8 Å². The highest BCUT2D eigenvalue weighted by atomic mass is 32.2. The molecule has 3 atom stereocenters. The van der Waals surface area contributed by atoms with Crippen LogP contribution < -0.4 is 4.74 Å². The van der Waals surface area contributed by atoms with Crippen molar-refractivity contribution in [2.75, 3.05) is 6.26 Å². The second-order valence-electron chi connectivity index (χ2n) is 7.69. The Morgan fingerprint density at radius 2 is 1.96 bits per heavy atom. The number of halogens is 1. The number of aromatic nitrogens is 3. The van der Waals surface area contributed by atoms with Crippen LogP contribution in [0.25, 0.3) is 22.5 Å². The average Bonchev–Trinajstić information content (AvgIpc) is 3.44. The first-order valence-corrected chi connectivity index (χ1v) is 10.9. The lowest BCUT2D eigenvalue weighted by molar-refractivity contribution is 0.132. The second kappa shape index (κ2) is 7.24. The largest absolute Gasteiger partial charge is 0.474 e. The molecule has 0 aliphatic heterocycles. The Morgan fingerprint density at radius 1 is 1.11 bits per heavy atom. The van der Waals surface area contributed by atoms with E-state index in [1.807, 2.05) is 18.4 Å². The fourth-order valence-corrected chi connectivity index (χ4v) is 4.98. The molecular formula is C22H22FN3OS. The predicted molar refractivity (Wildman–Crippen MR) is 109 cm³/mol. The first kappa shape index (κ1) is 17.7. The van der Waals surface area contributed by atoms with E-state index in [0.717, 1.165) is 40.0 Å². The molecule has 2 aliphatic carbocycles. The third-order valence-corrected chi connectivity index (χ3v) is 6.54. The lowest BCUT2D eigenvalue weighted by Gasteiger charge is -2.22. The molecule has 0 amide bonds. The molecule has 2 saturated carbocycles. The topological polar surface area (TPSA) is 50.8 Å². The normalized spacial score (nSPS) is 23.3. The number of thioether (sulfide) groups is 1. The molecule has 2 fully saturated rings. The Bertz CT molecular complexity index is 988. The molecule has 2 aromatic heterocycles. The Labute approximate surface area is 168 Å². The maximum Gasteiger partial charge on any atom is 0.214 e. The average molecular weight is 396 g/mol. The number of aromatic amines is 1. The molecule has 3 aromatic rings. The first-order chi connectivity index (χ1) is 13.7. The van der Waals surface area contributed by atoms with Crippen LogP contribution in [0.2, 0.25) is 0 Å². The van der Waals surface area contributed by atoms with E-state index in [1.165, 1.54) is 31.4 Å². The van der Waals surface area contributed by atoms with Gasteiger partial charge in [-0.15, -0.1) is 0 Å². The Hall–Kier alpha value is -2.34. The predicted octanol–water partition coefficient (Wildman–Crippen LogP) is 5.57. The van der Waals surface area contributed by atoms with Crippen LogP contribution in [0.4, 0.5) is 4.39 Å². The van der Waals surface area contributed by atoms with Gasteiger partial charge in [0.2, 0.25) is 5.88 Å². The number of nitrogens with one attached hydrogen (secondary N) is 1. The van der Waals surface area contributed by atoms with Crippen LogP contribution in [-0.4, -0.2) is 27.3 Å². The second-order valence-corrected chi connectivity index (χ2v) is 8.49. The SMILES string of the molecule is CSc1nc(-c2ccnc(OC3CC4CCC3C4)c2)c(-c2ccc(F)cc2)[nH]1. The zero-order chi connectivity index (χ0) is 19.1. The van der Waals surface area contributed by atoms with Crippen molar-refractivity contribution < 1.29 is 9.13 Å². The molecule has 28 heavy (non-hydrogen) atoms. The summed E-state index contributed by atoms with van der Waals surface area (Å²) in [6, 6.07) is 10.4. The van der Waals surface area contributed by atoms with Crippen LogP contribution in [0.1, 0.15) is 25.7 Å². The molecule has 2 bridgehead atoms. The lowest BCUT2D eigenvalue weighted by atomic mass is 9.98. The van der Waals surface area contributed by atoms with Crippen LogP contribution in [0, 0.1) is 17.7 Å². The van der Waals surface area contributed by atoms with Crippen molar-refractivity contribution in [3.63, 3.8) is 0 Å². The summed E-state index contributed by atoms with van der Waals surface area (Å²) < 4.78 is 19.6. The third-order valence-electron chi connectivity index (χ3n) is 5.96. The number of ether oxygens (including phenoxy) is 1. The van der Waals surface area contributed by atoms with Crippen LogP contribution in [0.15, 0.2) is 47.8 Å². The maximum atomic E-state index is 13.4. The molecular weight excluding hydrogens is 373 g/mol. The van der Waals surface area contributed by atoms with E-state index in [2.05, 4.69) is 9.97 Å². The van der Waals surface area contributed by atoms with Gasteiger partial charge in [-0.1, -0.05) is 11.8 Å². The molecule has 0 saturated heterocycles. The van der Waals surface area contributed by atoms with Gasteiger partial charge in [0, 0.05) is 23.4 Å². The molecule has 4 nitrogen and oxygen atoms in total. The van der Waals surface area contributed by atoms with Crippen molar-refractivity contribution in [2.24, 2.45) is 11.8 Å². The van der Waals surface area contributed by atoms with Gasteiger partial charge in [0.05, 0.1) is 11.4 Å². The minimum Gasteiger partial charge on any atom is -0.474 e. The van der Waals surface area contributed by atoms with Crippen molar-refractivity contribution >= 4 is 11.8 Å². The lowest BCUT2D eigenvalue weighted by Crippen LogP contribution is -2.23. The number of pyridine rings is 1. The standard InChI is InChI=1S/C22H22FN3OS/c1-28-22-25-20(14-4-6-17(23)7-5-14)21(26-22)16-8-9-24-19(12-16)27-18-11-13-2-3-15(18)10-13/h4-9,12-13,15,18H,2-3,10-11H2,1H3,(H,25,26). The van der Waals surface area contributed by atoms with Gasteiger partial charge < -0.3 is 9.72 Å². The summed E-state index contributed by atoms with van der Waals surface area (Å²) in [6.07, 6.45) is 9.13. The Balaban J connectivity index is 1.47. The molecule has 1 aromatic carbocycles. The van der Waals surface area contributed by atoms with Gasteiger partial charge >= 0.3 is 0 Å². The van der Waals surface area contributed by atoms with Gasteiger partial charge in [0.15, 0.2) is 5.16 Å². The van der Waals surface area contributed by atoms with Crippen molar-refractivity contribution in [3.8, 4) is 28.4 Å². The highest BCUT2D eigenvalue weighted by Gasteiger charge is 2.41. The summed E-state index contributed by atoms with van der Waals surface area (Å²) in [6.45, 7) is 0. The van der Waals surface area contributed by atoms with Gasteiger partial charge in [0.1, 0.15) is 11.9 Å². The van der Waals surface area contributed by atoms with E-state index < -0.39 is 0 Å². The number of nitrogens with zero attached hydrogens (tertiary/aromatic N) is 2. The van der Waals surface area contributed by atoms with Crippen molar-refractivity contribution in [3.05, 3.63) is 48.4 Å². The minimum absolute atomic E-state index is 0.250. The fraction of sp³-hybridized carbons (Fsp3) is 0.364. The number of imidazole rings is 1. The summed E-state index contributed by atoms with van der Waals surface area (Å²) in [5, 5.41) is 0.821. The molecule has 1 N–H and O–H groups in total. The smallest absolute Gasteiger partial charge is 0.214 e. The summed E-state index contributed by atoms with van der Waals surface area (Å²) in [5.74, 6) is 1.92. The number of fused-ring (bicyclic) bond motifs is 2.